The van der Waals surface area contributed by atoms with Crippen LogP contribution in [0.4, 0.5) is 0 Å². The Kier molecular flexibility index (Phi) is 1.40. The first kappa shape index (κ1) is 7.28. The van der Waals surface area contributed by atoms with Crippen LogP contribution in [-0.4, -0.2) is 11.8 Å². The van der Waals surface area contributed by atoms with Crippen LogP contribution in [0, 0.1) is 11.8 Å². The Hall–Kier alpha value is -1.38. The van der Waals surface area contributed by atoms with Crippen LogP contribution in [0.2, 0.25) is 0 Å². The molecule has 1 heterocycles. The molecule has 1 fully saturated rings. The molecule has 2 rings (SSSR count). The highest BCUT2D eigenvalue weighted by atomic mass is 16.2. The molecular weight excluding hydrogens is 154 g/mol. The third kappa shape index (κ3) is 0.826. The number of rotatable bonds is 0. The van der Waals surface area contributed by atoms with Crippen molar-refractivity contribution in [3.8, 4) is 0 Å². The second-order valence-corrected chi connectivity index (χ2v) is 3.15. The standard InChI is InChI=1S/C9H9NO2/c1-5-3-2-4-6-7(5)9(12)10-8(6)11/h2-3,6-7H,1,4H2,(H,10,11,12)/t6-,7+/m0/s1. The third-order valence-electron chi connectivity index (χ3n) is 2.39. The minimum atomic E-state index is -0.303. The number of allylic oxidation sites excluding steroid dienone is 2. The maximum atomic E-state index is 11.2. The number of hydrogen-bond acceptors (Lipinski definition) is 2. The second-order valence-electron chi connectivity index (χ2n) is 3.15. The van der Waals surface area contributed by atoms with Crippen molar-refractivity contribution in [2.45, 2.75) is 6.42 Å². The van der Waals surface area contributed by atoms with Crippen LogP contribution in [0.3, 0.4) is 0 Å². The monoisotopic (exact) mass is 163 g/mol. The second kappa shape index (κ2) is 2.30. The van der Waals surface area contributed by atoms with E-state index < -0.39 is 0 Å². The first-order chi connectivity index (χ1) is 5.70. The Morgan fingerprint density at radius 1 is 1.42 bits per heavy atom. The van der Waals surface area contributed by atoms with Gasteiger partial charge in [-0.3, -0.25) is 14.9 Å². The summed E-state index contributed by atoms with van der Waals surface area (Å²) >= 11 is 0. The summed E-state index contributed by atoms with van der Waals surface area (Å²) in [5.74, 6) is -0.854. The van der Waals surface area contributed by atoms with Gasteiger partial charge in [0.15, 0.2) is 0 Å². The van der Waals surface area contributed by atoms with Gasteiger partial charge in [0.1, 0.15) is 0 Å². The molecular formula is C9H9NO2. The predicted molar refractivity (Wildman–Crippen MR) is 43.0 cm³/mol. The van der Waals surface area contributed by atoms with E-state index in [9.17, 15) is 9.59 Å². The van der Waals surface area contributed by atoms with Crippen LogP contribution in [-0.2, 0) is 9.59 Å². The zero-order valence-electron chi connectivity index (χ0n) is 6.54. The molecule has 1 aliphatic heterocycles. The minimum Gasteiger partial charge on any atom is -0.296 e. The maximum Gasteiger partial charge on any atom is 0.234 e. The van der Waals surface area contributed by atoms with Crippen molar-refractivity contribution in [2.24, 2.45) is 11.8 Å². The lowest BCUT2D eigenvalue weighted by molar-refractivity contribution is -0.125. The molecule has 0 aromatic heterocycles. The number of hydrogen-bond donors (Lipinski definition) is 1. The van der Waals surface area contributed by atoms with E-state index in [1.807, 2.05) is 12.2 Å². The summed E-state index contributed by atoms with van der Waals surface area (Å²) in [7, 11) is 0. The van der Waals surface area contributed by atoms with Gasteiger partial charge in [-0.25, -0.2) is 0 Å². The van der Waals surface area contributed by atoms with Crippen LogP contribution in [0.1, 0.15) is 6.42 Å². The lowest BCUT2D eigenvalue weighted by Gasteiger charge is -2.17. The van der Waals surface area contributed by atoms with Gasteiger partial charge in [-0.2, -0.15) is 0 Å². The third-order valence-corrected chi connectivity index (χ3v) is 2.39. The van der Waals surface area contributed by atoms with E-state index in [-0.39, 0.29) is 23.7 Å². The predicted octanol–water partition coefficient (Wildman–Crippen LogP) is 0.391. The van der Waals surface area contributed by atoms with Crippen molar-refractivity contribution in [3.05, 3.63) is 24.3 Å². The number of fused-ring (bicyclic) bond motifs is 1. The van der Waals surface area contributed by atoms with Crippen molar-refractivity contribution in [2.75, 3.05) is 0 Å². The molecule has 3 heteroatoms. The Morgan fingerprint density at radius 2 is 2.17 bits per heavy atom. The van der Waals surface area contributed by atoms with Crippen molar-refractivity contribution in [1.82, 2.24) is 5.32 Å². The fourth-order valence-electron chi connectivity index (χ4n) is 1.77. The molecule has 0 radical (unpaired) electrons. The van der Waals surface area contributed by atoms with E-state index in [1.165, 1.54) is 0 Å². The van der Waals surface area contributed by atoms with Gasteiger partial charge < -0.3 is 0 Å². The largest absolute Gasteiger partial charge is 0.296 e. The molecule has 12 heavy (non-hydrogen) atoms. The average Bonchev–Trinajstić information content (AvgIpc) is 2.29. The SMILES string of the molecule is C=C1C=CC[C@@H]2C(=O)NC(=O)[C@H]12. The van der Waals surface area contributed by atoms with Crippen molar-refractivity contribution < 1.29 is 9.59 Å². The summed E-state index contributed by atoms with van der Waals surface area (Å²) in [6.07, 6.45) is 4.36. The Labute approximate surface area is 70.1 Å². The maximum absolute atomic E-state index is 11.2. The molecule has 2 atom stereocenters. The van der Waals surface area contributed by atoms with Gasteiger partial charge in [0.05, 0.1) is 11.8 Å². The van der Waals surface area contributed by atoms with Crippen LogP contribution in [0.25, 0.3) is 0 Å². The molecule has 62 valence electrons. The molecule has 1 aliphatic carbocycles. The van der Waals surface area contributed by atoms with Crippen LogP contribution in [0.15, 0.2) is 24.3 Å². The first-order valence-electron chi connectivity index (χ1n) is 3.90. The molecule has 0 aromatic rings. The number of amides is 2. The molecule has 0 aromatic carbocycles. The van der Waals surface area contributed by atoms with E-state index in [4.69, 9.17) is 0 Å². The van der Waals surface area contributed by atoms with Gasteiger partial charge in [-0.1, -0.05) is 18.7 Å². The van der Waals surface area contributed by atoms with Crippen LogP contribution >= 0.6 is 0 Å². The summed E-state index contributed by atoms with van der Waals surface area (Å²) in [4.78, 5) is 22.4. The highest BCUT2D eigenvalue weighted by molar-refractivity contribution is 6.07. The topological polar surface area (TPSA) is 46.2 Å². The van der Waals surface area contributed by atoms with E-state index in [1.54, 1.807) is 0 Å². The highest BCUT2D eigenvalue weighted by Crippen LogP contribution is 2.32. The summed E-state index contributed by atoms with van der Waals surface area (Å²) in [5.41, 5.74) is 0.745. The lowest BCUT2D eigenvalue weighted by Crippen LogP contribution is -2.22. The number of carbonyl (C=O) groups excluding carboxylic acids is 2. The molecule has 1 saturated heterocycles. The molecule has 1 N–H and O–H groups in total. The molecule has 2 amide bonds. The highest BCUT2D eigenvalue weighted by Gasteiger charge is 2.42. The Morgan fingerprint density at radius 3 is 2.83 bits per heavy atom. The summed E-state index contributed by atoms with van der Waals surface area (Å²) in [5, 5.41) is 2.31. The Bertz CT molecular complexity index is 304. The van der Waals surface area contributed by atoms with E-state index in [0.29, 0.717) is 6.42 Å². The van der Waals surface area contributed by atoms with Gasteiger partial charge in [-0.05, 0) is 12.0 Å². The molecule has 3 nitrogen and oxygen atoms in total. The Balaban J connectivity index is 2.39. The molecule has 0 unspecified atom stereocenters. The average molecular weight is 163 g/mol. The van der Waals surface area contributed by atoms with Gasteiger partial charge in [-0.15, -0.1) is 0 Å². The van der Waals surface area contributed by atoms with Gasteiger partial charge >= 0.3 is 0 Å². The van der Waals surface area contributed by atoms with Crippen molar-refractivity contribution >= 4 is 11.8 Å². The smallest absolute Gasteiger partial charge is 0.234 e. The normalized spacial score (nSPS) is 33.5. The lowest BCUT2D eigenvalue weighted by atomic mass is 9.82. The first-order valence-corrected chi connectivity index (χ1v) is 3.90. The van der Waals surface area contributed by atoms with Crippen molar-refractivity contribution in [3.63, 3.8) is 0 Å². The molecule has 2 aliphatic rings. The fraction of sp³-hybridized carbons (Fsp3) is 0.333. The number of carbonyl (C=O) groups is 2. The fourth-order valence-corrected chi connectivity index (χ4v) is 1.77. The van der Waals surface area contributed by atoms with Crippen LogP contribution in [0.5, 0.6) is 0 Å². The van der Waals surface area contributed by atoms with Gasteiger partial charge in [0.2, 0.25) is 11.8 Å². The summed E-state index contributed by atoms with van der Waals surface area (Å²) < 4.78 is 0. The zero-order valence-corrected chi connectivity index (χ0v) is 6.54. The molecule has 0 saturated carbocycles. The summed E-state index contributed by atoms with van der Waals surface area (Å²) in [6, 6.07) is 0. The number of imide groups is 1. The minimum absolute atomic E-state index is 0.157. The van der Waals surface area contributed by atoms with E-state index in [2.05, 4.69) is 11.9 Å². The van der Waals surface area contributed by atoms with Gasteiger partial charge in [0.25, 0.3) is 0 Å². The molecule has 0 spiro atoms. The van der Waals surface area contributed by atoms with E-state index >= 15 is 0 Å². The van der Waals surface area contributed by atoms with Crippen LogP contribution < -0.4 is 5.32 Å². The quantitative estimate of drug-likeness (QED) is 0.525. The summed E-state index contributed by atoms with van der Waals surface area (Å²) in [6.45, 7) is 3.74. The van der Waals surface area contributed by atoms with Gasteiger partial charge in [0, 0.05) is 0 Å². The number of nitrogens with one attached hydrogen (secondary N) is 1. The van der Waals surface area contributed by atoms with E-state index in [0.717, 1.165) is 5.57 Å². The molecule has 0 bridgehead atoms. The van der Waals surface area contributed by atoms with Crippen molar-refractivity contribution in [1.29, 1.82) is 0 Å². The zero-order chi connectivity index (χ0) is 8.72.